The van der Waals surface area contributed by atoms with E-state index in [1.54, 1.807) is 31.4 Å². The molecule has 3 rings (SSSR count). The second-order valence-corrected chi connectivity index (χ2v) is 4.40. The second kappa shape index (κ2) is 4.74. The molecule has 0 radical (unpaired) electrons. The van der Waals surface area contributed by atoms with Crippen molar-refractivity contribution in [2.45, 2.75) is 0 Å². The summed E-state index contributed by atoms with van der Waals surface area (Å²) in [5, 5.41) is 0.483. The highest BCUT2D eigenvalue weighted by Crippen LogP contribution is 2.29. The number of hydrogen-bond donors (Lipinski definition) is 1. The Morgan fingerprint density at radius 3 is 2.70 bits per heavy atom. The van der Waals surface area contributed by atoms with Gasteiger partial charge in [-0.3, -0.25) is 4.79 Å². The summed E-state index contributed by atoms with van der Waals surface area (Å²) in [6.45, 7) is 0. The first-order valence-corrected chi connectivity index (χ1v) is 6.16. The number of nitrogens with two attached hydrogens (primary N) is 1. The van der Waals surface area contributed by atoms with Crippen molar-refractivity contribution in [1.29, 1.82) is 0 Å². The molecule has 0 bridgehead atoms. The molecule has 0 amide bonds. The van der Waals surface area contributed by atoms with Crippen molar-refractivity contribution < 1.29 is 9.15 Å². The fourth-order valence-corrected chi connectivity index (χ4v) is 2.14. The Morgan fingerprint density at radius 1 is 1.10 bits per heavy atom. The van der Waals surface area contributed by atoms with E-state index in [1.807, 2.05) is 24.3 Å². The molecule has 0 saturated carbocycles. The first-order chi connectivity index (χ1) is 9.70. The van der Waals surface area contributed by atoms with E-state index in [2.05, 4.69) is 0 Å². The van der Waals surface area contributed by atoms with Crippen LogP contribution in [-0.2, 0) is 0 Å². The quantitative estimate of drug-likeness (QED) is 0.775. The normalized spacial score (nSPS) is 10.7. The lowest BCUT2D eigenvalue weighted by molar-refractivity contribution is 0.415. The molecule has 0 unspecified atom stereocenters. The smallest absolute Gasteiger partial charge is 0.216 e. The Balaban J connectivity index is 2.31. The van der Waals surface area contributed by atoms with Gasteiger partial charge in [-0.15, -0.1) is 0 Å². The average Bonchev–Trinajstić information content (AvgIpc) is 2.51. The number of fused-ring (bicyclic) bond motifs is 1. The predicted octanol–water partition coefficient (Wildman–Crippen LogP) is 3.05. The van der Waals surface area contributed by atoms with Gasteiger partial charge in [-0.25, -0.2) is 0 Å². The largest absolute Gasteiger partial charge is 0.497 e. The third kappa shape index (κ3) is 1.91. The van der Waals surface area contributed by atoms with Crippen LogP contribution in [0.15, 0.2) is 57.7 Å². The summed E-state index contributed by atoms with van der Waals surface area (Å²) in [6, 6.07) is 14.3. The highest BCUT2D eigenvalue weighted by molar-refractivity contribution is 5.85. The van der Waals surface area contributed by atoms with Gasteiger partial charge < -0.3 is 14.9 Å². The van der Waals surface area contributed by atoms with Gasteiger partial charge in [-0.05, 0) is 24.3 Å². The molecule has 1 aromatic heterocycles. The fourth-order valence-electron chi connectivity index (χ4n) is 2.14. The van der Waals surface area contributed by atoms with Crippen molar-refractivity contribution in [2.75, 3.05) is 12.8 Å². The minimum absolute atomic E-state index is 0.108. The van der Waals surface area contributed by atoms with Gasteiger partial charge in [-0.2, -0.15) is 0 Å². The number of rotatable bonds is 2. The van der Waals surface area contributed by atoms with E-state index < -0.39 is 0 Å². The number of anilines is 1. The van der Waals surface area contributed by atoms with Crippen LogP contribution in [0.5, 0.6) is 5.75 Å². The SMILES string of the molecule is COc1cccc(-c2oc3ccccc3c(=O)c2N)c1. The highest BCUT2D eigenvalue weighted by atomic mass is 16.5. The number of nitrogen functional groups attached to an aromatic ring is 1. The van der Waals surface area contributed by atoms with Crippen molar-refractivity contribution in [1.82, 2.24) is 0 Å². The Hall–Kier alpha value is -2.75. The van der Waals surface area contributed by atoms with E-state index in [-0.39, 0.29) is 11.1 Å². The third-order valence-electron chi connectivity index (χ3n) is 3.16. The Morgan fingerprint density at radius 2 is 1.90 bits per heavy atom. The maximum atomic E-state index is 12.3. The molecule has 1 heterocycles. The first kappa shape index (κ1) is 12.3. The van der Waals surface area contributed by atoms with Crippen LogP contribution in [0.1, 0.15) is 0 Å². The minimum atomic E-state index is -0.218. The third-order valence-corrected chi connectivity index (χ3v) is 3.16. The first-order valence-electron chi connectivity index (χ1n) is 6.16. The molecule has 0 spiro atoms. The predicted molar refractivity (Wildman–Crippen MR) is 78.9 cm³/mol. The maximum Gasteiger partial charge on any atom is 0.216 e. The molecule has 100 valence electrons. The standard InChI is InChI=1S/C16H13NO3/c1-19-11-6-4-5-10(9-11)16-14(17)15(18)12-7-2-3-8-13(12)20-16/h2-9H,17H2,1H3. The van der Waals surface area contributed by atoms with Gasteiger partial charge in [0.15, 0.2) is 5.76 Å². The summed E-state index contributed by atoms with van der Waals surface area (Å²) in [5.41, 5.74) is 7.05. The molecule has 0 fully saturated rings. The monoisotopic (exact) mass is 267 g/mol. The molecular formula is C16H13NO3. The molecule has 2 N–H and O–H groups in total. The summed E-state index contributed by atoms with van der Waals surface area (Å²) < 4.78 is 11.0. The van der Waals surface area contributed by atoms with Gasteiger partial charge in [0, 0.05) is 5.56 Å². The number of ether oxygens (including phenoxy) is 1. The Labute approximate surface area is 115 Å². The van der Waals surface area contributed by atoms with E-state index in [0.29, 0.717) is 28.0 Å². The van der Waals surface area contributed by atoms with Crippen LogP contribution in [-0.4, -0.2) is 7.11 Å². The molecule has 20 heavy (non-hydrogen) atoms. The lowest BCUT2D eigenvalue weighted by atomic mass is 10.1. The van der Waals surface area contributed by atoms with Gasteiger partial charge in [0.25, 0.3) is 0 Å². The maximum absolute atomic E-state index is 12.3. The van der Waals surface area contributed by atoms with Crippen LogP contribution in [0.3, 0.4) is 0 Å². The average molecular weight is 267 g/mol. The lowest BCUT2D eigenvalue weighted by Crippen LogP contribution is -2.09. The van der Waals surface area contributed by atoms with Gasteiger partial charge in [0.2, 0.25) is 5.43 Å². The molecule has 0 aliphatic rings. The summed E-state index contributed by atoms with van der Waals surface area (Å²) in [5.74, 6) is 1.05. The van der Waals surface area contributed by atoms with Gasteiger partial charge in [0.1, 0.15) is 17.0 Å². The molecule has 3 aromatic rings. The van der Waals surface area contributed by atoms with Crippen molar-refractivity contribution in [3.05, 3.63) is 58.8 Å². The molecule has 0 aliphatic carbocycles. The molecule has 0 atom stereocenters. The molecule has 4 nitrogen and oxygen atoms in total. The van der Waals surface area contributed by atoms with Crippen LogP contribution < -0.4 is 15.9 Å². The summed E-state index contributed by atoms with van der Waals surface area (Å²) >= 11 is 0. The molecule has 4 heteroatoms. The van der Waals surface area contributed by atoms with Crippen LogP contribution in [0.25, 0.3) is 22.3 Å². The fraction of sp³-hybridized carbons (Fsp3) is 0.0625. The molecular weight excluding hydrogens is 254 g/mol. The van der Waals surface area contributed by atoms with Gasteiger partial charge in [0.05, 0.1) is 12.5 Å². The zero-order valence-electron chi connectivity index (χ0n) is 10.9. The summed E-state index contributed by atoms with van der Waals surface area (Å²) in [7, 11) is 1.58. The van der Waals surface area contributed by atoms with Crippen molar-refractivity contribution >= 4 is 16.7 Å². The molecule has 0 aliphatic heterocycles. The number of methoxy groups -OCH3 is 1. The summed E-state index contributed by atoms with van der Waals surface area (Å²) in [6.07, 6.45) is 0. The molecule has 2 aromatic carbocycles. The van der Waals surface area contributed by atoms with E-state index in [0.717, 1.165) is 0 Å². The van der Waals surface area contributed by atoms with Gasteiger partial charge >= 0.3 is 0 Å². The highest BCUT2D eigenvalue weighted by Gasteiger charge is 2.13. The second-order valence-electron chi connectivity index (χ2n) is 4.40. The number of benzene rings is 2. The summed E-state index contributed by atoms with van der Waals surface area (Å²) in [4.78, 5) is 12.3. The minimum Gasteiger partial charge on any atom is -0.497 e. The van der Waals surface area contributed by atoms with E-state index >= 15 is 0 Å². The Kier molecular flexibility index (Phi) is 2.91. The topological polar surface area (TPSA) is 65.5 Å². The lowest BCUT2D eigenvalue weighted by Gasteiger charge is -2.08. The van der Waals surface area contributed by atoms with Crippen LogP contribution >= 0.6 is 0 Å². The van der Waals surface area contributed by atoms with Crippen molar-refractivity contribution in [3.8, 4) is 17.1 Å². The van der Waals surface area contributed by atoms with E-state index in [9.17, 15) is 4.79 Å². The zero-order valence-corrected chi connectivity index (χ0v) is 10.9. The Bertz CT molecular complexity index is 836. The van der Waals surface area contributed by atoms with Crippen LogP contribution in [0.2, 0.25) is 0 Å². The number of hydrogen-bond acceptors (Lipinski definition) is 4. The van der Waals surface area contributed by atoms with E-state index in [1.165, 1.54) is 0 Å². The van der Waals surface area contributed by atoms with Crippen molar-refractivity contribution in [3.63, 3.8) is 0 Å². The number of para-hydroxylation sites is 1. The van der Waals surface area contributed by atoms with Crippen LogP contribution in [0.4, 0.5) is 5.69 Å². The van der Waals surface area contributed by atoms with Crippen molar-refractivity contribution in [2.24, 2.45) is 0 Å². The van der Waals surface area contributed by atoms with E-state index in [4.69, 9.17) is 14.9 Å². The van der Waals surface area contributed by atoms with Crippen LogP contribution in [0, 0.1) is 0 Å². The molecule has 0 saturated heterocycles. The zero-order chi connectivity index (χ0) is 14.1. The van der Waals surface area contributed by atoms with Gasteiger partial charge in [-0.1, -0.05) is 24.3 Å².